The minimum atomic E-state index is -0.329. The molecule has 1 heterocycles. The number of aryl methyl sites for hydroxylation is 2. The standard InChI is InChI=1S/C15H23NO/c1-11-6-7-13(9-12(11)2)15(17)10-14-5-3-4-8-16-14/h6-7,9,14-17H,3-5,8,10H2,1-2H3. The molecule has 1 aliphatic heterocycles. The van der Waals surface area contributed by atoms with Crippen molar-refractivity contribution in [1.82, 2.24) is 5.32 Å². The number of rotatable bonds is 3. The lowest BCUT2D eigenvalue weighted by atomic mass is 9.94. The zero-order valence-electron chi connectivity index (χ0n) is 10.9. The van der Waals surface area contributed by atoms with Gasteiger partial charge in [0.05, 0.1) is 6.10 Å². The van der Waals surface area contributed by atoms with Crippen LogP contribution >= 0.6 is 0 Å². The molecule has 0 aromatic heterocycles. The summed E-state index contributed by atoms with van der Waals surface area (Å²) in [6.45, 7) is 5.31. The summed E-state index contributed by atoms with van der Waals surface area (Å²) >= 11 is 0. The van der Waals surface area contributed by atoms with Crippen LogP contribution in [0.2, 0.25) is 0 Å². The number of aliphatic hydroxyl groups excluding tert-OH is 1. The molecule has 1 fully saturated rings. The van der Waals surface area contributed by atoms with Gasteiger partial charge in [-0.25, -0.2) is 0 Å². The number of piperidine rings is 1. The molecule has 0 saturated carbocycles. The molecule has 1 aliphatic rings. The van der Waals surface area contributed by atoms with Crippen LogP contribution in [0.5, 0.6) is 0 Å². The average Bonchev–Trinajstić information content (AvgIpc) is 2.34. The molecule has 0 bridgehead atoms. The summed E-state index contributed by atoms with van der Waals surface area (Å²) in [7, 11) is 0. The molecule has 2 unspecified atom stereocenters. The van der Waals surface area contributed by atoms with Crippen LogP contribution in [0.15, 0.2) is 18.2 Å². The van der Waals surface area contributed by atoms with Crippen LogP contribution in [0.25, 0.3) is 0 Å². The molecule has 0 aliphatic carbocycles. The summed E-state index contributed by atoms with van der Waals surface area (Å²) in [6, 6.07) is 6.75. The molecule has 0 amide bonds. The Kier molecular flexibility index (Phi) is 4.19. The van der Waals surface area contributed by atoms with Gasteiger partial charge < -0.3 is 10.4 Å². The second-order valence-corrected chi connectivity index (χ2v) is 5.24. The Labute approximate surface area is 104 Å². The van der Waals surface area contributed by atoms with Gasteiger partial charge in [-0.05, 0) is 56.3 Å². The summed E-state index contributed by atoms with van der Waals surface area (Å²) in [5.74, 6) is 0. The molecule has 2 N–H and O–H groups in total. The Balaban J connectivity index is 1.98. The lowest BCUT2D eigenvalue weighted by Gasteiger charge is -2.26. The molecule has 0 radical (unpaired) electrons. The van der Waals surface area contributed by atoms with Crippen molar-refractivity contribution in [2.45, 2.75) is 51.7 Å². The predicted molar refractivity (Wildman–Crippen MR) is 71.1 cm³/mol. The van der Waals surface area contributed by atoms with Crippen LogP contribution in [0.1, 0.15) is 48.5 Å². The summed E-state index contributed by atoms with van der Waals surface area (Å²) in [5.41, 5.74) is 3.61. The fourth-order valence-corrected chi connectivity index (χ4v) is 2.50. The smallest absolute Gasteiger partial charge is 0.0805 e. The lowest BCUT2D eigenvalue weighted by Crippen LogP contribution is -2.35. The fourth-order valence-electron chi connectivity index (χ4n) is 2.50. The van der Waals surface area contributed by atoms with Crippen molar-refractivity contribution in [1.29, 1.82) is 0 Å². The monoisotopic (exact) mass is 233 g/mol. The molecule has 2 rings (SSSR count). The second kappa shape index (κ2) is 5.65. The number of nitrogens with one attached hydrogen (secondary N) is 1. The Morgan fingerprint density at radius 3 is 2.76 bits per heavy atom. The van der Waals surface area contributed by atoms with Gasteiger partial charge in [-0.1, -0.05) is 24.6 Å². The SMILES string of the molecule is Cc1ccc(C(O)CC2CCCCN2)cc1C. The van der Waals surface area contributed by atoms with Gasteiger partial charge in [0.2, 0.25) is 0 Å². The van der Waals surface area contributed by atoms with E-state index >= 15 is 0 Å². The highest BCUT2D eigenvalue weighted by Gasteiger charge is 2.18. The van der Waals surface area contributed by atoms with Crippen molar-refractivity contribution in [3.8, 4) is 0 Å². The van der Waals surface area contributed by atoms with E-state index in [1.807, 2.05) is 0 Å². The maximum absolute atomic E-state index is 10.2. The van der Waals surface area contributed by atoms with Crippen LogP contribution in [0.4, 0.5) is 0 Å². The van der Waals surface area contributed by atoms with E-state index in [2.05, 4.69) is 37.4 Å². The van der Waals surface area contributed by atoms with Gasteiger partial charge in [-0.2, -0.15) is 0 Å². The highest BCUT2D eigenvalue weighted by Crippen LogP contribution is 2.23. The van der Waals surface area contributed by atoms with E-state index in [4.69, 9.17) is 0 Å². The Bertz CT molecular complexity index is 369. The number of hydrogen-bond donors (Lipinski definition) is 2. The van der Waals surface area contributed by atoms with Crippen LogP contribution in [-0.4, -0.2) is 17.7 Å². The topological polar surface area (TPSA) is 32.3 Å². The summed E-state index contributed by atoms with van der Waals surface area (Å²) < 4.78 is 0. The van der Waals surface area contributed by atoms with E-state index in [0.29, 0.717) is 6.04 Å². The first-order valence-corrected chi connectivity index (χ1v) is 6.65. The van der Waals surface area contributed by atoms with E-state index in [0.717, 1.165) is 18.5 Å². The van der Waals surface area contributed by atoms with Crippen molar-refractivity contribution in [2.75, 3.05) is 6.54 Å². The van der Waals surface area contributed by atoms with Crippen LogP contribution in [-0.2, 0) is 0 Å². The van der Waals surface area contributed by atoms with E-state index in [9.17, 15) is 5.11 Å². The minimum absolute atomic E-state index is 0.329. The first-order valence-electron chi connectivity index (χ1n) is 6.65. The van der Waals surface area contributed by atoms with Crippen molar-refractivity contribution in [3.63, 3.8) is 0 Å². The third-order valence-corrected chi connectivity index (χ3v) is 3.84. The number of aliphatic hydroxyl groups is 1. The minimum Gasteiger partial charge on any atom is -0.388 e. The summed E-state index contributed by atoms with van der Waals surface area (Å²) in [6.07, 6.45) is 4.27. The third-order valence-electron chi connectivity index (χ3n) is 3.84. The molecule has 94 valence electrons. The number of benzene rings is 1. The molecule has 17 heavy (non-hydrogen) atoms. The molecule has 2 heteroatoms. The Hall–Kier alpha value is -0.860. The zero-order valence-corrected chi connectivity index (χ0v) is 10.9. The quantitative estimate of drug-likeness (QED) is 0.841. The number of hydrogen-bond acceptors (Lipinski definition) is 2. The molecule has 2 nitrogen and oxygen atoms in total. The van der Waals surface area contributed by atoms with Gasteiger partial charge in [-0.15, -0.1) is 0 Å². The van der Waals surface area contributed by atoms with Gasteiger partial charge in [0.25, 0.3) is 0 Å². The fraction of sp³-hybridized carbons (Fsp3) is 0.600. The average molecular weight is 233 g/mol. The van der Waals surface area contributed by atoms with Gasteiger partial charge >= 0.3 is 0 Å². The first kappa shape index (κ1) is 12.6. The third kappa shape index (κ3) is 3.30. The van der Waals surface area contributed by atoms with Crippen LogP contribution < -0.4 is 5.32 Å². The molecule has 1 aromatic rings. The van der Waals surface area contributed by atoms with Gasteiger partial charge in [-0.3, -0.25) is 0 Å². The molecular formula is C15H23NO. The van der Waals surface area contributed by atoms with Crippen molar-refractivity contribution < 1.29 is 5.11 Å². The highest BCUT2D eigenvalue weighted by atomic mass is 16.3. The van der Waals surface area contributed by atoms with Crippen LogP contribution in [0, 0.1) is 13.8 Å². The summed E-state index contributed by atoms with van der Waals surface area (Å²) in [5, 5.41) is 13.7. The van der Waals surface area contributed by atoms with E-state index in [-0.39, 0.29) is 6.10 Å². The van der Waals surface area contributed by atoms with Crippen molar-refractivity contribution in [2.24, 2.45) is 0 Å². The zero-order chi connectivity index (χ0) is 12.3. The Morgan fingerprint density at radius 1 is 1.29 bits per heavy atom. The summed E-state index contributed by atoms with van der Waals surface area (Å²) in [4.78, 5) is 0. The molecule has 1 saturated heterocycles. The molecule has 1 aromatic carbocycles. The maximum atomic E-state index is 10.2. The molecule has 0 spiro atoms. The van der Waals surface area contributed by atoms with Crippen molar-refractivity contribution >= 4 is 0 Å². The van der Waals surface area contributed by atoms with Gasteiger partial charge in [0.15, 0.2) is 0 Å². The van der Waals surface area contributed by atoms with Gasteiger partial charge in [0, 0.05) is 6.04 Å². The lowest BCUT2D eigenvalue weighted by molar-refractivity contribution is 0.144. The maximum Gasteiger partial charge on any atom is 0.0805 e. The normalized spacial score (nSPS) is 22.4. The second-order valence-electron chi connectivity index (χ2n) is 5.24. The van der Waals surface area contributed by atoms with Crippen molar-refractivity contribution in [3.05, 3.63) is 34.9 Å². The largest absolute Gasteiger partial charge is 0.388 e. The van der Waals surface area contributed by atoms with Gasteiger partial charge in [0.1, 0.15) is 0 Å². The first-order chi connectivity index (χ1) is 8.16. The highest BCUT2D eigenvalue weighted by molar-refractivity contribution is 5.31. The van der Waals surface area contributed by atoms with Crippen LogP contribution in [0.3, 0.4) is 0 Å². The van der Waals surface area contributed by atoms with E-state index in [1.165, 1.54) is 30.4 Å². The van der Waals surface area contributed by atoms with E-state index in [1.54, 1.807) is 0 Å². The molecule has 2 atom stereocenters. The van der Waals surface area contributed by atoms with E-state index < -0.39 is 0 Å². The predicted octanol–water partition coefficient (Wildman–Crippen LogP) is 2.87. The molecular weight excluding hydrogens is 210 g/mol. The Morgan fingerprint density at radius 2 is 2.12 bits per heavy atom.